The Morgan fingerprint density at radius 2 is 1.97 bits per heavy atom. The molecule has 2 heterocycles. The largest absolute Gasteiger partial charge is 0.326 e. The Balaban J connectivity index is 1.44. The van der Waals surface area contributed by atoms with Crippen LogP contribution in [0.25, 0.3) is 11.4 Å². The van der Waals surface area contributed by atoms with E-state index in [-0.39, 0.29) is 12.3 Å². The molecular weight excluding hydrogens is 456 g/mol. The third-order valence-corrected chi connectivity index (χ3v) is 6.03. The first-order chi connectivity index (χ1) is 16.1. The van der Waals surface area contributed by atoms with Gasteiger partial charge < -0.3 is 5.32 Å². The van der Waals surface area contributed by atoms with Crippen LogP contribution >= 0.6 is 23.4 Å². The maximum Gasteiger partial charge on any atom is 0.225 e. The van der Waals surface area contributed by atoms with Crippen LogP contribution in [-0.4, -0.2) is 31.4 Å². The van der Waals surface area contributed by atoms with Gasteiger partial charge in [0.15, 0.2) is 11.0 Å². The molecule has 164 valence electrons. The van der Waals surface area contributed by atoms with Gasteiger partial charge in [0.25, 0.3) is 0 Å². The summed E-state index contributed by atoms with van der Waals surface area (Å²) in [5.41, 5.74) is 2.93. The molecule has 0 saturated heterocycles. The summed E-state index contributed by atoms with van der Waals surface area (Å²) in [5, 5.41) is 21.6. The lowest BCUT2D eigenvalue weighted by Gasteiger charge is -2.10. The third kappa shape index (κ3) is 5.77. The van der Waals surface area contributed by atoms with Crippen LogP contribution in [0.4, 0.5) is 5.69 Å². The van der Waals surface area contributed by atoms with Crippen LogP contribution in [0.1, 0.15) is 17.5 Å². The predicted molar refractivity (Wildman–Crippen MR) is 129 cm³/mol. The zero-order valence-electron chi connectivity index (χ0n) is 17.5. The lowest BCUT2D eigenvalue weighted by Crippen LogP contribution is -2.12. The molecule has 0 aliphatic heterocycles. The van der Waals surface area contributed by atoms with E-state index in [4.69, 9.17) is 16.9 Å². The number of rotatable bonds is 8. The SMILES string of the molecule is N#Cc1ccc(NC(=O)CCSc2nnc(-c3cccnc3)n2Cc2ccccc2)cc1Cl. The Hall–Kier alpha value is -3.67. The number of aromatic nitrogens is 4. The highest BCUT2D eigenvalue weighted by Gasteiger charge is 2.16. The van der Waals surface area contributed by atoms with Crippen molar-refractivity contribution >= 4 is 35.0 Å². The van der Waals surface area contributed by atoms with Gasteiger partial charge in [-0.05, 0) is 35.9 Å². The number of carbonyl (C=O) groups is 1. The predicted octanol–water partition coefficient (Wildman–Crippen LogP) is 5.03. The highest BCUT2D eigenvalue weighted by Crippen LogP contribution is 2.26. The summed E-state index contributed by atoms with van der Waals surface area (Å²) >= 11 is 7.50. The summed E-state index contributed by atoms with van der Waals surface area (Å²) in [6, 6.07) is 20.7. The summed E-state index contributed by atoms with van der Waals surface area (Å²) in [5.74, 6) is 1.10. The van der Waals surface area contributed by atoms with Crippen molar-refractivity contribution in [1.29, 1.82) is 5.26 Å². The first-order valence-corrected chi connectivity index (χ1v) is 11.5. The molecule has 0 unspecified atom stereocenters. The van der Waals surface area contributed by atoms with Crippen molar-refractivity contribution in [2.24, 2.45) is 0 Å². The van der Waals surface area contributed by atoms with Crippen LogP contribution in [0.3, 0.4) is 0 Å². The van der Waals surface area contributed by atoms with Crippen LogP contribution in [0.2, 0.25) is 5.02 Å². The number of thioether (sulfide) groups is 1. The second-order valence-electron chi connectivity index (χ2n) is 7.07. The first-order valence-electron chi connectivity index (χ1n) is 10.1. The summed E-state index contributed by atoms with van der Waals surface area (Å²) < 4.78 is 2.04. The van der Waals surface area contributed by atoms with Crippen molar-refractivity contribution in [3.8, 4) is 17.5 Å². The molecular formula is C24H19ClN6OS. The van der Waals surface area contributed by atoms with Crippen LogP contribution < -0.4 is 5.32 Å². The second-order valence-corrected chi connectivity index (χ2v) is 8.54. The van der Waals surface area contributed by atoms with E-state index in [0.29, 0.717) is 28.6 Å². The molecule has 2 aromatic heterocycles. The van der Waals surface area contributed by atoms with Gasteiger partial charge in [-0.2, -0.15) is 5.26 Å². The number of nitriles is 1. The number of halogens is 1. The fourth-order valence-electron chi connectivity index (χ4n) is 3.15. The van der Waals surface area contributed by atoms with Gasteiger partial charge in [0, 0.05) is 35.8 Å². The van der Waals surface area contributed by atoms with Crippen molar-refractivity contribution in [2.45, 2.75) is 18.1 Å². The van der Waals surface area contributed by atoms with E-state index in [1.165, 1.54) is 11.8 Å². The quantitative estimate of drug-likeness (QED) is 0.359. The van der Waals surface area contributed by atoms with Crippen molar-refractivity contribution in [3.63, 3.8) is 0 Å². The van der Waals surface area contributed by atoms with E-state index in [2.05, 4.69) is 32.6 Å². The zero-order chi connectivity index (χ0) is 23.0. The fourth-order valence-corrected chi connectivity index (χ4v) is 4.25. The number of hydrogen-bond acceptors (Lipinski definition) is 6. The zero-order valence-corrected chi connectivity index (χ0v) is 19.1. The van der Waals surface area contributed by atoms with Crippen LogP contribution in [0, 0.1) is 11.3 Å². The van der Waals surface area contributed by atoms with E-state index < -0.39 is 0 Å². The maximum atomic E-state index is 12.4. The number of carbonyl (C=O) groups excluding carboxylic acids is 1. The summed E-state index contributed by atoms with van der Waals surface area (Å²) in [4.78, 5) is 16.6. The van der Waals surface area contributed by atoms with E-state index in [1.807, 2.05) is 41.0 Å². The number of pyridine rings is 1. The molecule has 7 nitrogen and oxygen atoms in total. The Morgan fingerprint density at radius 3 is 2.70 bits per heavy atom. The van der Waals surface area contributed by atoms with E-state index in [1.54, 1.807) is 30.6 Å². The first kappa shape index (κ1) is 22.5. The van der Waals surface area contributed by atoms with Gasteiger partial charge in [-0.15, -0.1) is 10.2 Å². The smallest absolute Gasteiger partial charge is 0.225 e. The number of nitrogens with one attached hydrogen (secondary N) is 1. The molecule has 0 bridgehead atoms. The Bertz CT molecular complexity index is 1290. The molecule has 1 N–H and O–H groups in total. The number of hydrogen-bond donors (Lipinski definition) is 1. The lowest BCUT2D eigenvalue weighted by molar-refractivity contribution is -0.115. The summed E-state index contributed by atoms with van der Waals surface area (Å²) in [7, 11) is 0. The lowest BCUT2D eigenvalue weighted by atomic mass is 10.2. The molecule has 0 aliphatic carbocycles. The molecule has 0 saturated carbocycles. The molecule has 4 rings (SSSR count). The van der Waals surface area contributed by atoms with Crippen molar-refractivity contribution in [3.05, 3.63) is 89.2 Å². The molecule has 0 atom stereocenters. The average Bonchev–Trinajstić information content (AvgIpc) is 3.22. The van der Waals surface area contributed by atoms with Gasteiger partial charge in [0.1, 0.15) is 6.07 Å². The number of nitrogens with zero attached hydrogens (tertiary/aromatic N) is 5. The normalized spacial score (nSPS) is 10.5. The van der Waals surface area contributed by atoms with Gasteiger partial charge in [0.05, 0.1) is 17.1 Å². The summed E-state index contributed by atoms with van der Waals surface area (Å²) in [6.07, 6.45) is 3.76. The van der Waals surface area contributed by atoms with Gasteiger partial charge in [-0.1, -0.05) is 53.7 Å². The van der Waals surface area contributed by atoms with Crippen molar-refractivity contribution < 1.29 is 4.79 Å². The minimum absolute atomic E-state index is 0.148. The third-order valence-electron chi connectivity index (χ3n) is 4.75. The molecule has 0 radical (unpaired) electrons. The van der Waals surface area contributed by atoms with E-state index in [9.17, 15) is 4.79 Å². The number of benzene rings is 2. The van der Waals surface area contributed by atoms with Crippen LogP contribution in [0.5, 0.6) is 0 Å². The van der Waals surface area contributed by atoms with Gasteiger partial charge in [-0.3, -0.25) is 14.3 Å². The monoisotopic (exact) mass is 474 g/mol. The maximum absolute atomic E-state index is 12.4. The average molecular weight is 475 g/mol. The Kier molecular flexibility index (Phi) is 7.35. The minimum Gasteiger partial charge on any atom is -0.326 e. The topological polar surface area (TPSA) is 96.5 Å². The van der Waals surface area contributed by atoms with Crippen LogP contribution in [0.15, 0.2) is 78.2 Å². The van der Waals surface area contributed by atoms with Crippen molar-refractivity contribution in [2.75, 3.05) is 11.1 Å². The number of amides is 1. The highest BCUT2D eigenvalue weighted by atomic mass is 35.5. The minimum atomic E-state index is -0.148. The molecule has 9 heteroatoms. The molecule has 33 heavy (non-hydrogen) atoms. The summed E-state index contributed by atoms with van der Waals surface area (Å²) in [6.45, 7) is 0.607. The molecule has 4 aromatic rings. The van der Waals surface area contributed by atoms with Crippen molar-refractivity contribution in [1.82, 2.24) is 19.7 Å². The Morgan fingerprint density at radius 1 is 1.12 bits per heavy atom. The van der Waals surface area contributed by atoms with E-state index >= 15 is 0 Å². The molecule has 0 spiro atoms. The molecule has 2 aromatic carbocycles. The molecule has 0 fully saturated rings. The standard InChI is InChI=1S/C24H19ClN6OS/c25-21-13-20(9-8-18(21)14-26)28-22(32)10-12-33-24-30-29-23(19-7-4-11-27-15-19)31(24)16-17-5-2-1-3-6-17/h1-9,11,13,15H,10,12,16H2,(H,28,32). The number of anilines is 1. The molecule has 0 aliphatic rings. The van der Waals surface area contributed by atoms with Gasteiger partial charge >= 0.3 is 0 Å². The highest BCUT2D eigenvalue weighted by molar-refractivity contribution is 7.99. The van der Waals surface area contributed by atoms with Crippen LogP contribution in [-0.2, 0) is 11.3 Å². The fraction of sp³-hybridized carbons (Fsp3) is 0.125. The molecule has 1 amide bonds. The Labute approximate surface area is 200 Å². The van der Waals surface area contributed by atoms with Gasteiger partial charge in [0.2, 0.25) is 5.91 Å². The second kappa shape index (κ2) is 10.8. The van der Waals surface area contributed by atoms with Gasteiger partial charge in [-0.25, -0.2) is 0 Å². The van der Waals surface area contributed by atoms with E-state index in [0.717, 1.165) is 22.1 Å².